The highest BCUT2D eigenvalue weighted by Gasteiger charge is 2.42. The van der Waals surface area contributed by atoms with Gasteiger partial charge in [-0.1, -0.05) is 18.2 Å². The molecule has 2 aromatic carbocycles. The Morgan fingerprint density at radius 2 is 1.94 bits per heavy atom. The molecule has 1 aromatic heterocycles. The fraction of sp³-hybridized carbons (Fsp3) is 0.360. The van der Waals surface area contributed by atoms with Gasteiger partial charge in [0.1, 0.15) is 11.3 Å². The van der Waals surface area contributed by atoms with Crippen LogP contribution in [0.1, 0.15) is 59.1 Å². The van der Waals surface area contributed by atoms with E-state index in [1.54, 1.807) is 29.2 Å². The van der Waals surface area contributed by atoms with Crippen LogP contribution in [0.15, 0.2) is 45.6 Å². The fourth-order valence-electron chi connectivity index (χ4n) is 4.34. The van der Waals surface area contributed by atoms with Gasteiger partial charge in [-0.3, -0.25) is 9.59 Å². The molecular weight excluding hydrogens is 394 g/mol. The van der Waals surface area contributed by atoms with Crippen LogP contribution >= 0.6 is 0 Å². The second-order valence-corrected chi connectivity index (χ2v) is 8.40. The zero-order valence-corrected chi connectivity index (χ0v) is 18.3. The van der Waals surface area contributed by atoms with Gasteiger partial charge in [-0.15, -0.1) is 0 Å². The highest BCUT2D eigenvalue weighted by atomic mass is 16.5. The van der Waals surface area contributed by atoms with Crippen LogP contribution in [0.3, 0.4) is 0 Å². The number of amides is 1. The number of aryl methyl sites for hydroxylation is 2. The summed E-state index contributed by atoms with van der Waals surface area (Å²) in [6.07, 6.45) is 0.729. The standard InChI is InChI=1S/C25H27NO5/c1-14(2)30-10-6-9-26-22(17-7-5-8-18(27)13-17)21-23(28)20-16(4)11-15(3)12-19(20)31-24(21)25(26)29/h5,7-8,11-14,22,27H,6,9-10H2,1-4H3. The van der Waals surface area contributed by atoms with Crippen molar-refractivity contribution in [3.05, 3.63) is 74.6 Å². The van der Waals surface area contributed by atoms with Crippen LogP contribution in [0, 0.1) is 13.8 Å². The van der Waals surface area contributed by atoms with Crippen molar-refractivity contribution in [1.82, 2.24) is 4.90 Å². The van der Waals surface area contributed by atoms with Crippen molar-refractivity contribution in [3.8, 4) is 5.75 Å². The first-order chi connectivity index (χ1) is 14.8. The number of aromatic hydroxyl groups is 1. The van der Waals surface area contributed by atoms with Crippen molar-refractivity contribution in [1.29, 1.82) is 0 Å². The van der Waals surface area contributed by atoms with E-state index < -0.39 is 6.04 Å². The van der Waals surface area contributed by atoms with Crippen molar-refractivity contribution in [2.24, 2.45) is 0 Å². The van der Waals surface area contributed by atoms with Gasteiger partial charge in [0.05, 0.1) is 23.1 Å². The number of phenolic OH excluding ortho intramolecular Hbond substituents is 1. The summed E-state index contributed by atoms with van der Waals surface area (Å²) < 4.78 is 11.7. The molecule has 1 aliphatic heterocycles. The number of rotatable bonds is 6. The first kappa shape index (κ1) is 21.1. The maximum absolute atomic E-state index is 13.6. The molecule has 1 atom stereocenters. The number of hydrogen-bond acceptors (Lipinski definition) is 5. The second-order valence-electron chi connectivity index (χ2n) is 8.40. The predicted molar refractivity (Wildman–Crippen MR) is 119 cm³/mol. The normalized spacial score (nSPS) is 15.8. The fourth-order valence-corrected chi connectivity index (χ4v) is 4.34. The van der Waals surface area contributed by atoms with Gasteiger partial charge in [0.25, 0.3) is 5.91 Å². The Morgan fingerprint density at radius 3 is 2.65 bits per heavy atom. The monoisotopic (exact) mass is 421 g/mol. The molecule has 0 fully saturated rings. The van der Waals surface area contributed by atoms with E-state index in [2.05, 4.69) is 0 Å². The molecule has 162 valence electrons. The molecule has 1 aliphatic rings. The van der Waals surface area contributed by atoms with Gasteiger partial charge in [-0.25, -0.2) is 0 Å². The van der Waals surface area contributed by atoms with Gasteiger partial charge in [-0.2, -0.15) is 0 Å². The van der Waals surface area contributed by atoms with Crippen LogP contribution in [0.4, 0.5) is 0 Å². The van der Waals surface area contributed by atoms with E-state index in [4.69, 9.17) is 9.15 Å². The molecule has 0 bridgehead atoms. The Kier molecular flexibility index (Phi) is 5.58. The first-order valence-electron chi connectivity index (χ1n) is 10.6. The summed E-state index contributed by atoms with van der Waals surface area (Å²) in [5.74, 6) is -0.148. The van der Waals surface area contributed by atoms with Gasteiger partial charge in [0, 0.05) is 13.2 Å². The Balaban J connectivity index is 1.86. The minimum Gasteiger partial charge on any atom is -0.508 e. The van der Waals surface area contributed by atoms with Gasteiger partial charge < -0.3 is 19.2 Å². The van der Waals surface area contributed by atoms with Crippen molar-refractivity contribution in [3.63, 3.8) is 0 Å². The number of phenols is 1. The summed E-state index contributed by atoms with van der Waals surface area (Å²) in [4.78, 5) is 28.6. The van der Waals surface area contributed by atoms with Crippen LogP contribution in [0.2, 0.25) is 0 Å². The molecule has 4 rings (SSSR count). The number of hydrogen-bond donors (Lipinski definition) is 1. The predicted octanol–water partition coefficient (Wildman–Crippen LogP) is 4.48. The molecule has 6 heteroatoms. The van der Waals surface area contributed by atoms with E-state index >= 15 is 0 Å². The lowest BCUT2D eigenvalue weighted by molar-refractivity contribution is 0.0593. The summed E-state index contributed by atoms with van der Waals surface area (Å²) in [6, 6.07) is 9.80. The van der Waals surface area contributed by atoms with Crippen LogP contribution < -0.4 is 5.43 Å². The van der Waals surface area contributed by atoms with Crippen LogP contribution in [0.5, 0.6) is 5.75 Å². The molecule has 0 spiro atoms. The summed E-state index contributed by atoms with van der Waals surface area (Å²) in [6.45, 7) is 8.64. The lowest BCUT2D eigenvalue weighted by Gasteiger charge is -2.25. The van der Waals surface area contributed by atoms with E-state index in [-0.39, 0.29) is 28.9 Å². The van der Waals surface area contributed by atoms with Crippen molar-refractivity contribution < 1.29 is 19.1 Å². The molecule has 3 aromatic rings. The Labute approximate surface area is 181 Å². The van der Waals surface area contributed by atoms with E-state index in [0.717, 1.165) is 11.1 Å². The SMILES string of the molecule is Cc1cc(C)c2c(=O)c3c(oc2c1)C(=O)N(CCCOC(C)C)C3c1cccc(O)c1. The van der Waals surface area contributed by atoms with E-state index in [0.29, 0.717) is 41.7 Å². The lowest BCUT2D eigenvalue weighted by Crippen LogP contribution is -2.31. The second kappa shape index (κ2) is 8.19. The molecule has 0 radical (unpaired) electrons. The Hall–Kier alpha value is -3.12. The minimum absolute atomic E-state index is 0.0819. The number of carbonyl (C=O) groups is 1. The van der Waals surface area contributed by atoms with Gasteiger partial charge in [0.2, 0.25) is 5.76 Å². The lowest BCUT2D eigenvalue weighted by atomic mass is 9.96. The van der Waals surface area contributed by atoms with Crippen molar-refractivity contribution in [2.45, 2.75) is 46.3 Å². The zero-order chi connectivity index (χ0) is 22.3. The van der Waals surface area contributed by atoms with E-state index in [1.165, 1.54) is 0 Å². The topological polar surface area (TPSA) is 80.0 Å². The molecule has 0 saturated carbocycles. The smallest absolute Gasteiger partial charge is 0.290 e. The average Bonchev–Trinajstić information content (AvgIpc) is 2.97. The number of fused-ring (bicyclic) bond motifs is 2. The molecule has 2 heterocycles. The summed E-state index contributed by atoms with van der Waals surface area (Å²) in [5, 5.41) is 10.5. The molecule has 1 N–H and O–H groups in total. The third kappa shape index (κ3) is 3.83. The highest BCUT2D eigenvalue weighted by molar-refractivity contribution is 5.99. The highest BCUT2D eigenvalue weighted by Crippen LogP contribution is 2.39. The minimum atomic E-state index is -0.616. The van der Waals surface area contributed by atoms with Crippen LogP contribution in [0.25, 0.3) is 11.0 Å². The number of carbonyl (C=O) groups excluding carboxylic acids is 1. The number of ether oxygens (including phenoxy) is 1. The largest absolute Gasteiger partial charge is 0.508 e. The molecule has 0 aliphatic carbocycles. The molecule has 6 nitrogen and oxygen atoms in total. The van der Waals surface area contributed by atoms with Gasteiger partial charge in [-0.05, 0) is 69.0 Å². The van der Waals surface area contributed by atoms with Crippen LogP contribution in [-0.2, 0) is 4.74 Å². The average molecular weight is 421 g/mol. The Bertz CT molecular complexity index is 1210. The third-order valence-electron chi connectivity index (χ3n) is 5.59. The summed E-state index contributed by atoms with van der Waals surface area (Å²) >= 11 is 0. The Morgan fingerprint density at radius 1 is 1.16 bits per heavy atom. The maximum Gasteiger partial charge on any atom is 0.290 e. The summed E-state index contributed by atoms with van der Waals surface area (Å²) in [5.41, 5.74) is 3.02. The molecule has 31 heavy (non-hydrogen) atoms. The zero-order valence-electron chi connectivity index (χ0n) is 18.3. The molecule has 1 unspecified atom stereocenters. The summed E-state index contributed by atoms with van der Waals surface area (Å²) in [7, 11) is 0. The van der Waals surface area contributed by atoms with Crippen molar-refractivity contribution >= 4 is 16.9 Å². The van der Waals surface area contributed by atoms with E-state index in [1.807, 2.05) is 39.8 Å². The number of benzene rings is 2. The quantitative estimate of drug-likeness (QED) is 0.594. The maximum atomic E-state index is 13.6. The number of nitrogens with zero attached hydrogens (tertiary/aromatic N) is 1. The molecule has 1 amide bonds. The molecule has 0 saturated heterocycles. The van der Waals surface area contributed by atoms with Crippen LogP contribution in [-0.4, -0.2) is 35.2 Å². The third-order valence-corrected chi connectivity index (χ3v) is 5.59. The first-order valence-corrected chi connectivity index (χ1v) is 10.6. The van der Waals surface area contributed by atoms with Gasteiger partial charge in [0.15, 0.2) is 5.43 Å². The van der Waals surface area contributed by atoms with Crippen molar-refractivity contribution in [2.75, 3.05) is 13.2 Å². The molecular formula is C25H27NO5. The van der Waals surface area contributed by atoms with E-state index in [9.17, 15) is 14.7 Å². The van der Waals surface area contributed by atoms with Gasteiger partial charge >= 0.3 is 0 Å².